The maximum atomic E-state index is 11.8. The Morgan fingerprint density at radius 2 is 1.73 bits per heavy atom. The fraction of sp³-hybridized carbons (Fsp3) is 0.474. The molecule has 1 N–H and O–H groups in total. The van der Waals surface area contributed by atoms with Crippen LogP contribution in [0.5, 0.6) is 0 Å². The summed E-state index contributed by atoms with van der Waals surface area (Å²) in [6.07, 6.45) is 8.61. The zero-order valence-corrected chi connectivity index (χ0v) is 15.1. The molecule has 7 heteroatoms. The first kappa shape index (κ1) is 16.8. The van der Waals surface area contributed by atoms with Crippen molar-refractivity contribution in [1.29, 1.82) is 0 Å². The van der Waals surface area contributed by atoms with Gasteiger partial charge in [0.05, 0.1) is 11.9 Å². The summed E-state index contributed by atoms with van der Waals surface area (Å²) in [5, 5.41) is 2.88. The topological polar surface area (TPSA) is 74.2 Å². The fourth-order valence-electron chi connectivity index (χ4n) is 3.08. The molecule has 2 fully saturated rings. The van der Waals surface area contributed by atoms with Crippen LogP contribution in [-0.4, -0.2) is 47.0 Å². The molecule has 2 aromatic rings. The molecular weight excluding hydrogens is 328 g/mol. The predicted molar refractivity (Wildman–Crippen MR) is 101 cm³/mol. The molecule has 1 saturated heterocycles. The average Bonchev–Trinajstić information content (AvgIpc) is 3.54. The van der Waals surface area contributed by atoms with Crippen LogP contribution in [0.15, 0.2) is 30.7 Å². The highest BCUT2D eigenvalue weighted by Gasteiger charge is 2.29. The summed E-state index contributed by atoms with van der Waals surface area (Å²) in [5.41, 5.74) is 2.24. The number of nitrogens with one attached hydrogen (secondary N) is 1. The number of hydrogen-bond acceptors (Lipinski definition) is 6. The van der Waals surface area contributed by atoms with Crippen molar-refractivity contribution >= 4 is 23.4 Å². The highest BCUT2D eigenvalue weighted by molar-refractivity contribution is 5.93. The molecule has 2 aromatic heterocycles. The van der Waals surface area contributed by atoms with Gasteiger partial charge in [0.15, 0.2) is 0 Å². The Hall–Kier alpha value is -2.70. The maximum Gasteiger partial charge on any atom is 0.228 e. The summed E-state index contributed by atoms with van der Waals surface area (Å²) >= 11 is 0. The standard InChI is InChI=1S/C19H24N6O/c1-2-14-11-21-19(22-12-14)25-9-7-24(8-10-25)16-5-6-17(20-13-16)23-18(26)15-3-4-15/h5-6,11-13,15H,2-4,7-10H2,1H3,(H,20,23,26). The van der Waals surface area contributed by atoms with E-state index in [1.54, 1.807) is 0 Å². The van der Waals surface area contributed by atoms with Crippen LogP contribution in [0.25, 0.3) is 0 Å². The van der Waals surface area contributed by atoms with Crippen LogP contribution in [0.3, 0.4) is 0 Å². The molecule has 0 spiro atoms. The van der Waals surface area contributed by atoms with Gasteiger partial charge in [-0.2, -0.15) is 0 Å². The number of piperazine rings is 1. The first-order valence-corrected chi connectivity index (χ1v) is 9.30. The smallest absolute Gasteiger partial charge is 0.228 e. The van der Waals surface area contributed by atoms with Crippen molar-refractivity contribution in [2.24, 2.45) is 5.92 Å². The highest BCUT2D eigenvalue weighted by Crippen LogP contribution is 2.30. The van der Waals surface area contributed by atoms with Gasteiger partial charge in [-0.3, -0.25) is 4.79 Å². The van der Waals surface area contributed by atoms with Crippen molar-refractivity contribution in [3.63, 3.8) is 0 Å². The van der Waals surface area contributed by atoms with Gasteiger partial charge in [-0.25, -0.2) is 15.0 Å². The van der Waals surface area contributed by atoms with Gasteiger partial charge in [0.1, 0.15) is 5.82 Å². The molecule has 1 aliphatic heterocycles. The van der Waals surface area contributed by atoms with Crippen molar-refractivity contribution in [2.45, 2.75) is 26.2 Å². The molecule has 26 heavy (non-hydrogen) atoms. The van der Waals surface area contributed by atoms with Gasteiger partial charge in [0.2, 0.25) is 11.9 Å². The number of carbonyl (C=O) groups excluding carboxylic acids is 1. The molecule has 4 rings (SSSR count). The third-order valence-electron chi connectivity index (χ3n) is 4.97. The molecule has 0 radical (unpaired) electrons. The summed E-state index contributed by atoms with van der Waals surface area (Å²) in [5.74, 6) is 1.72. The Kier molecular flexibility index (Phi) is 4.69. The van der Waals surface area contributed by atoms with Gasteiger partial charge < -0.3 is 15.1 Å². The van der Waals surface area contributed by atoms with Gasteiger partial charge in [-0.05, 0) is 37.0 Å². The van der Waals surface area contributed by atoms with E-state index in [1.165, 1.54) is 0 Å². The zero-order chi connectivity index (χ0) is 17.9. The average molecular weight is 352 g/mol. The van der Waals surface area contributed by atoms with Gasteiger partial charge in [-0.15, -0.1) is 0 Å². The lowest BCUT2D eigenvalue weighted by Crippen LogP contribution is -2.47. The van der Waals surface area contributed by atoms with Gasteiger partial charge in [0, 0.05) is 44.5 Å². The summed E-state index contributed by atoms with van der Waals surface area (Å²) in [7, 11) is 0. The van der Waals surface area contributed by atoms with E-state index in [2.05, 4.69) is 37.0 Å². The number of aryl methyl sites for hydroxylation is 1. The first-order valence-electron chi connectivity index (χ1n) is 9.30. The molecule has 7 nitrogen and oxygen atoms in total. The van der Waals surface area contributed by atoms with Crippen LogP contribution in [-0.2, 0) is 11.2 Å². The molecule has 136 valence electrons. The van der Waals surface area contributed by atoms with Crippen LogP contribution in [0.2, 0.25) is 0 Å². The van der Waals surface area contributed by atoms with E-state index < -0.39 is 0 Å². The monoisotopic (exact) mass is 352 g/mol. The molecule has 0 aromatic carbocycles. The number of hydrogen-bond donors (Lipinski definition) is 1. The summed E-state index contributed by atoms with van der Waals surface area (Å²) < 4.78 is 0. The summed E-state index contributed by atoms with van der Waals surface area (Å²) in [6.45, 7) is 5.66. The lowest BCUT2D eigenvalue weighted by molar-refractivity contribution is -0.117. The second-order valence-electron chi connectivity index (χ2n) is 6.88. The second kappa shape index (κ2) is 7.27. The molecule has 0 bridgehead atoms. The normalized spacial score (nSPS) is 17.3. The summed E-state index contributed by atoms with van der Waals surface area (Å²) in [6, 6.07) is 3.91. The van der Waals surface area contributed by atoms with Crippen LogP contribution in [0.1, 0.15) is 25.3 Å². The van der Waals surface area contributed by atoms with E-state index >= 15 is 0 Å². The number of carbonyl (C=O) groups is 1. The third-order valence-corrected chi connectivity index (χ3v) is 4.97. The minimum Gasteiger partial charge on any atom is -0.367 e. The molecule has 0 unspecified atom stereocenters. The third kappa shape index (κ3) is 3.76. The second-order valence-corrected chi connectivity index (χ2v) is 6.88. The molecule has 1 aliphatic carbocycles. The van der Waals surface area contributed by atoms with Crippen LogP contribution in [0.4, 0.5) is 17.5 Å². The molecule has 1 amide bonds. The quantitative estimate of drug-likeness (QED) is 0.888. The lowest BCUT2D eigenvalue weighted by atomic mass is 10.2. The Bertz CT molecular complexity index is 749. The van der Waals surface area contributed by atoms with Crippen molar-refractivity contribution < 1.29 is 4.79 Å². The number of amides is 1. The number of pyridine rings is 1. The van der Waals surface area contributed by atoms with E-state index in [9.17, 15) is 4.79 Å². The molecule has 2 aliphatic rings. The lowest BCUT2D eigenvalue weighted by Gasteiger charge is -2.35. The predicted octanol–water partition coefficient (Wildman–Crippen LogP) is 2.11. The number of rotatable bonds is 5. The number of anilines is 3. The van der Waals surface area contributed by atoms with Crippen LogP contribution >= 0.6 is 0 Å². The van der Waals surface area contributed by atoms with E-state index in [0.717, 1.165) is 62.6 Å². The van der Waals surface area contributed by atoms with E-state index in [1.807, 2.05) is 30.7 Å². The fourth-order valence-corrected chi connectivity index (χ4v) is 3.08. The minimum absolute atomic E-state index is 0.0907. The first-order chi connectivity index (χ1) is 12.7. The minimum atomic E-state index is 0.0907. The van der Waals surface area contributed by atoms with Gasteiger partial charge >= 0.3 is 0 Å². The van der Waals surface area contributed by atoms with Gasteiger partial charge in [0.25, 0.3) is 0 Å². The number of nitrogens with zero attached hydrogens (tertiary/aromatic N) is 5. The summed E-state index contributed by atoms with van der Waals surface area (Å²) in [4.78, 5) is 29.6. The zero-order valence-electron chi connectivity index (χ0n) is 15.1. The van der Waals surface area contributed by atoms with Crippen molar-refractivity contribution in [2.75, 3.05) is 41.3 Å². The highest BCUT2D eigenvalue weighted by atomic mass is 16.2. The Morgan fingerprint density at radius 3 is 2.31 bits per heavy atom. The number of aromatic nitrogens is 3. The van der Waals surface area contributed by atoms with E-state index in [-0.39, 0.29) is 11.8 Å². The molecule has 0 atom stereocenters. The molecular formula is C19H24N6O. The van der Waals surface area contributed by atoms with Crippen molar-refractivity contribution in [3.8, 4) is 0 Å². The SMILES string of the molecule is CCc1cnc(N2CCN(c3ccc(NC(=O)C4CC4)nc3)CC2)nc1. The van der Waals surface area contributed by atoms with E-state index in [0.29, 0.717) is 5.82 Å². The van der Waals surface area contributed by atoms with Crippen LogP contribution < -0.4 is 15.1 Å². The maximum absolute atomic E-state index is 11.8. The Labute approximate surface area is 153 Å². The largest absolute Gasteiger partial charge is 0.367 e. The molecule has 3 heterocycles. The van der Waals surface area contributed by atoms with Crippen molar-refractivity contribution in [3.05, 3.63) is 36.3 Å². The van der Waals surface area contributed by atoms with Crippen molar-refractivity contribution in [1.82, 2.24) is 15.0 Å². The Morgan fingerprint density at radius 1 is 1.04 bits per heavy atom. The Balaban J connectivity index is 1.32. The molecule has 1 saturated carbocycles. The van der Waals surface area contributed by atoms with Crippen LogP contribution in [0, 0.1) is 5.92 Å². The van der Waals surface area contributed by atoms with E-state index in [4.69, 9.17) is 0 Å². The van der Waals surface area contributed by atoms with Gasteiger partial charge in [-0.1, -0.05) is 6.92 Å².